The van der Waals surface area contributed by atoms with E-state index in [2.05, 4.69) is 38.0 Å². The molecule has 0 spiro atoms. The number of anilines is 2. The minimum absolute atomic E-state index is 0.474. The van der Waals surface area contributed by atoms with Crippen molar-refractivity contribution in [1.82, 2.24) is 19.9 Å². The normalized spacial score (nSPS) is 17.5. The Kier molecular flexibility index (Phi) is 5.65. The van der Waals surface area contributed by atoms with Crippen LogP contribution in [-0.2, 0) is 0 Å². The highest BCUT2D eigenvalue weighted by Gasteiger charge is 2.28. The van der Waals surface area contributed by atoms with Gasteiger partial charge in [0.25, 0.3) is 0 Å². The maximum atomic E-state index is 6.40. The van der Waals surface area contributed by atoms with Gasteiger partial charge in [0, 0.05) is 53.6 Å². The van der Waals surface area contributed by atoms with Crippen LogP contribution < -0.4 is 15.4 Å². The number of aromatic nitrogens is 3. The second-order valence-electron chi connectivity index (χ2n) is 9.75. The van der Waals surface area contributed by atoms with Gasteiger partial charge in [-0.1, -0.05) is 0 Å². The first-order chi connectivity index (χ1) is 17.1. The van der Waals surface area contributed by atoms with Gasteiger partial charge < -0.3 is 20.3 Å². The number of hydrogen-bond donors (Lipinski definition) is 1. The predicted molar refractivity (Wildman–Crippen MR) is 142 cm³/mol. The van der Waals surface area contributed by atoms with Crippen molar-refractivity contribution in [3.8, 4) is 17.0 Å². The van der Waals surface area contributed by atoms with Crippen LogP contribution in [0.3, 0.4) is 0 Å². The molecule has 35 heavy (non-hydrogen) atoms. The van der Waals surface area contributed by atoms with Crippen LogP contribution in [0, 0.1) is 6.92 Å². The van der Waals surface area contributed by atoms with E-state index in [1.807, 2.05) is 25.3 Å². The molecule has 180 valence electrons. The van der Waals surface area contributed by atoms with Crippen LogP contribution in [0.5, 0.6) is 5.75 Å². The molecule has 0 aliphatic carbocycles. The number of ether oxygens (including phenoxy) is 1. The van der Waals surface area contributed by atoms with Crippen molar-refractivity contribution in [1.29, 1.82) is 0 Å². The van der Waals surface area contributed by atoms with Gasteiger partial charge in [-0.2, -0.15) is 0 Å². The van der Waals surface area contributed by atoms with E-state index in [1.54, 1.807) is 13.3 Å². The second kappa shape index (κ2) is 8.96. The number of methoxy groups -OCH3 is 1. The monoisotopic (exact) mass is 468 g/mol. The van der Waals surface area contributed by atoms with Crippen LogP contribution in [0.25, 0.3) is 32.9 Å². The standard InChI is InChI=1S/C28H32N6O/c1-18-20(6-5-9-30-18)25-14-21-22-15-27(35-2)26(16-24(22)31-17-23(21)28(29)32-25)34-12-7-19(8-13-34)33-10-3-4-11-33/h5-6,9,14-17,19H,3-4,7-8,10-13H2,1-2H3,(H2,29,32). The number of aryl methyl sites for hydroxylation is 1. The number of hydrogen-bond acceptors (Lipinski definition) is 7. The molecule has 7 heteroatoms. The number of piperidine rings is 1. The second-order valence-corrected chi connectivity index (χ2v) is 9.75. The molecular formula is C28H32N6O. The number of benzene rings is 1. The van der Waals surface area contributed by atoms with Crippen LogP contribution in [0.2, 0.25) is 0 Å². The Hall–Kier alpha value is -3.45. The third kappa shape index (κ3) is 3.93. The van der Waals surface area contributed by atoms with Crippen molar-refractivity contribution in [3.05, 3.63) is 48.4 Å². The average molecular weight is 469 g/mol. The molecule has 2 fully saturated rings. The van der Waals surface area contributed by atoms with E-state index < -0.39 is 0 Å². The van der Waals surface area contributed by atoms with Crippen molar-refractivity contribution in [2.45, 2.75) is 38.6 Å². The summed E-state index contributed by atoms with van der Waals surface area (Å²) in [7, 11) is 1.75. The summed E-state index contributed by atoms with van der Waals surface area (Å²) < 4.78 is 5.91. The van der Waals surface area contributed by atoms with Gasteiger partial charge in [-0.15, -0.1) is 0 Å². The van der Waals surface area contributed by atoms with Crippen molar-refractivity contribution >= 4 is 33.2 Å². The fraction of sp³-hybridized carbons (Fsp3) is 0.393. The van der Waals surface area contributed by atoms with E-state index in [1.165, 1.54) is 38.8 Å². The maximum absolute atomic E-state index is 6.40. The Morgan fingerprint density at radius 3 is 2.51 bits per heavy atom. The van der Waals surface area contributed by atoms with Crippen molar-refractivity contribution < 1.29 is 4.74 Å². The first-order valence-corrected chi connectivity index (χ1v) is 12.6. The lowest BCUT2D eigenvalue weighted by Crippen LogP contribution is -2.43. The van der Waals surface area contributed by atoms with E-state index in [-0.39, 0.29) is 0 Å². The number of rotatable bonds is 4. The van der Waals surface area contributed by atoms with Gasteiger partial charge in [-0.3, -0.25) is 9.97 Å². The van der Waals surface area contributed by atoms with E-state index in [4.69, 9.17) is 15.5 Å². The zero-order valence-electron chi connectivity index (χ0n) is 20.5. The Morgan fingerprint density at radius 2 is 1.77 bits per heavy atom. The molecule has 0 radical (unpaired) electrons. The fourth-order valence-electron chi connectivity index (χ4n) is 5.83. The minimum atomic E-state index is 0.474. The molecule has 0 unspecified atom stereocenters. The molecule has 0 amide bonds. The summed E-state index contributed by atoms with van der Waals surface area (Å²) in [6, 6.07) is 11.1. The quantitative estimate of drug-likeness (QED) is 0.431. The van der Waals surface area contributed by atoms with E-state index in [9.17, 15) is 0 Å². The molecule has 0 bridgehead atoms. The highest BCUT2D eigenvalue weighted by molar-refractivity contribution is 6.11. The summed E-state index contributed by atoms with van der Waals surface area (Å²) in [4.78, 5) is 19.0. The third-order valence-corrected chi connectivity index (χ3v) is 7.75. The number of fused-ring (bicyclic) bond motifs is 3. The van der Waals surface area contributed by atoms with Gasteiger partial charge in [0.2, 0.25) is 0 Å². The topological polar surface area (TPSA) is 80.4 Å². The molecule has 1 aromatic carbocycles. The molecule has 2 N–H and O–H groups in total. The van der Waals surface area contributed by atoms with Gasteiger partial charge in [0.1, 0.15) is 11.6 Å². The van der Waals surface area contributed by atoms with Crippen LogP contribution in [-0.4, -0.2) is 59.2 Å². The summed E-state index contributed by atoms with van der Waals surface area (Å²) in [6.45, 7) is 6.60. The van der Waals surface area contributed by atoms with Crippen LogP contribution in [0.1, 0.15) is 31.4 Å². The smallest absolute Gasteiger partial charge is 0.142 e. The molecule has 2 aliphatic heterocycles. The number of pyridine rings is 3. The minimum Gasteiger partial charge on any atom is -0.495 e. The highest BCUT2D eigenvalue weighted by atomic mass is 16.5. The molecule has 2 saturated heterocycles. The molecule has 0 saturated carbocycles. The van der Waals surface area contributed by atoms with Gasteiger partial charge in [0.15, 0.2) is 0 Å². The number of nitrogen functional groups attached to an aromatic ring is 1. The summed E-state index contributed by atoms with van der Waals surface area (Å²) in [5.41, 5.74) is 11.2. The Labute approximate surface area is 205 Å². The lowest BCUT2D eigenvalue weighted by Gasteiger charge is -2.38. The molecule has 2 aliphatic rings. The van der Waals surface area contributed by atoms with Crippen LogP contribution in [0.4, 0.5) is 11.5 Å². The van der Waals surface area contributed by atoms with E-state index >= 15 is 0 Å². The summed E-state index contributed by atoms with van der Waals surface area (Å²) in [5.74, 6) is 1.35. The third-order valence-electron chi connectivity index (χ3n) is 7.75. The molecule has 3 aromatic heterocycles. The molecule has 7 nitrogen and oxygen atoms in total. The predicted octanol–water partition coefficient (Wildman–Crippen LogP) is 4.81. The molecule has 4 aromatic rings. The van der Waals surface area contributed by atoms with Crippen molar-refractivity contribution in [3.63, 3.8) is 0 Å². The molecule has 5 heterocycles. The molecule has 0 atom stereocenters. The Bertz CT molecular complexity index is 1390. The number of likely N-dealkylation sites (tertiary alicyclic amines) is 1. The summed E-state index contributed by atoms with van der Waals surface area (Å²) >= 11 is 0. The number of nitrogens with zero attached hydrogens (tertiary/aromatic N) is 5. The molecular weight excluding hydrogens is 436 g/mol. The van der Waals surface area contributed by atoms with E-state index in [0.717, 1.165) is 63.2 Å². The van der Waals surface area contributed by atoms with Crippen LogP contribution >= 0.6 is 0 Å². The van der Waals surface area contributed by atoms with Gasteiger partial charge in [0.05, 0.1) is 24.0 Å². The zero-order valence-corrected chi connectivity index (χ0v) is 20.5. The largest absolute Gasteiger partial charge is 0.495 e. The average Bonchev–Trinajstić information content (AvgIpc) is 3.43. The lowest BCUT2D eigenvalue weighted by molar-refractivity contribution is 0.207. The molecule has 6 rings (SSSR count). The van der Waals surface area contributed by atoms with Gasteiger partial charge >= 0.3 is 0 Å². The van der Waals surface area contributed by atoms with E-state index in [0.29, 0.717) is 11.9 Å². The summed E-state index contributed by atoms with van der Waals surface area (Å²) in [6.07, 6.45) is 8.73. The Balaban J connectivity index is 1.40. The highest BCUT2D eigenvalue weighted by Crippen LogP contribution is 2.39. The van der Waals surface area contributed by atoms with Crippen molar-refractivity contribution in [2.24, 2.45) is 0 Å². The SMILES string of the molecule is COc1cc2c(cc1N1CCC(N3CCCC3)CC1)ncc1c(N)nc(-c3cccnc3C)cc12. The van der Waals surface area contributed by atoms with Crippen molar-refractivity contribution in [2.75, 3.05) is 43.9 Å². The maximum Gasteiger partial charge on any atom is 0.142 e. The first kappa shape index (κ1) is 22.0. The first-order valence-electron chi connectivity index (χ1n) is 12.6. The fourth-order valence-corrected chi connectivity index (χ4v) is 5.83. The lowest BCUT2D eigenvalue weighted by atomic mass is 10.0. The summed E-state index contributed by atoms with van der Waals surface area (Å²) in [5, 5.41) is 2.90. The van der Waals surface area contributed by atoms with Crippen LogP contribution in [0.15, 0.2) is 42.7 Å². The zero-order chi connectivity index (χ0) is 23.9. The Morgan fingerprint density at radius 1 is 0.971 bits per heavy atom. The number of nitrogens with two attached hydrogens (primary N) is 1. The van der Waals surface area contributed by atoms with Gasteiger partial charge in [-0.05, 0) is 81.4 Å². The van der Waals surface area contributed by atoms with Gasteiger partial charge in [-0.25, -0.2) is 4.98 Å².